The number of nitrogens with zero attached hydrogens (tertiary/aromatic N) is 6. The van der Waals surface area contributed by atoms with E-state index in [0.717, 1.165) is 49.4 Å². The van der Waals surface area contributed by atoms with Crippen LogP contribution in [-0.2, 0) is 6.67 Å². The monoisotopic (exact) mass is 530 g/mol. The SMILES string of the molecule is Cc1cccc(-c2ccc3c(c2)/c(=N\C#N)c2nc4c(nc23)/c(=N\C#N)c2cc(-c3cccc(CF)c3)ccc24)c1. The Morgan fingerprint density at radius 2 is 1.12 bits per heavy atom. The van der Waals surface area contributed by atoms with Gasteiger partial charge >= 0.3 is 0 Å². The van der Waals surface area contributed by atoms with Crippen LogP contribution in [0.15, 0.2) is 94.9 Å². The second-order valence-electron chi connectivity index (χ2n) is 9.96. The summed E-state index contributed by atoms with van der Waals surface area (Å²) in [5.41, 5.74) is 7.72. The molecule has 1 aromatic heterocycles. The molecular formula is C34H19FN6. The number of hydrogen-bond donors (Lipinski definition) is 0. The molecule has 0 aliphatic rings. The number of rotatable bonds is 3. The topological polar surface area (TPSA) is 98.1 Å². The average molecular weight is 531 g/mol. The minimum Gasteiger partial charge on any atom is -0.246 e. The van der Waals surface area contributed by atoms with Gasteiger partial charge in [0.25, 0.3) is 0 Å². The summed E-state index contributed by atoms with van der Waals surface area (Å²) in [6.07, 6.45) is 3.86. The Hall–Kier alpha value is -5.79. The predicted octanol–water partition coefficient (Wildman–Crippen LogP) is 6.84. The van der Waals surface area contributed by atoms with Gasteiger partial charge in [-0.15, -0.1) is 0 Å². The minimum atomic E-state index is -0.550. The first kappa shape index (κ1) is 24.3. The minimum absolute atomic E-state index is 0.430. The van der Waals surface area contributed by atoms with Crippen molar-refractivity contribution in [2.45, 2.75) is 13.6 Å². The molecule has 0 aliphatic carbocycles. The number of nitriles is 2. The van der Waals surface area contributed by atoms with Crippen LogP contribution in [0.5, 0.6) is 0 Å². The Labute approximate surface area is 233 Å². The van der Waals surface area contributed by atoms with E-state index < -0.39 is 6.67 Å². The first-order valence-electron chi connectivity index (χ1n) is 13.0. The molecule has 7 heteroatoms. The second kappa shape index (κ2) is 9.44. The van der Waals surface area contributed by atoms with Gasteiger partial charge in [0.2, 0.25) is 12.4 Å². The molecule has 1 heterocycles. The number of alkyl halides is 1. The largest absolute Gasteiger partial charge is 0.246 e. The van der Waals surface area contributed by atoms with Gasteiger partial charge in [0, 0.05) is 21.5 Å². The standard InChI is InChI=1S/C34H19FN6/c1-19-4-2-6-21(12-19)23-8-10-25-27(14-23)29(38-17-36)33-31(25)40-34-30(39-18-37)28-15-24(9-11-26(28)32(34)41-33)22-7-3-5-20(13-22)16-35/h2-15H,16H2,1H3/b38-29+,39-30-. The summed E-state index contributed by atoms with van der Waals surface area (Å²) in [5, 5.41) is 23.1. The molecule has 6 nitrogen and oxygen atoms in total. The average Bonchev–Trinajstić information content (AvgIpc) is 3.47. The molecule has 0 fully saturated rings. The third-order valence-corrected chi connectivity index (χ3v) is 7.49. The molecule has 41 heavy (non-hydrogen) atoms. The maximum atomic E-state index is 13.3. The van der Waals surface area contributed by atoms with Crippen molar-refractivity contribution in [1.82, 2.24) is 9.97 Å². The lowest BCUT2D eigenvalue weighted by Crippen LogP contribution is -2.03. The molecule has 0 atom stereocenters. The molecule has 0 saturated carbocycles. The van der Waals surface area contributed by atoms with Gasteiger partial charge in [0.05, 0.1) is 11.0 Å². The van der Waals surface area contributed by atoms with Crippen molar-refractivity contribution in [2.24, 2.45) is 9.98 Å². The first-order chi connectivity index (χ1) is 20.1. The molecule has 6 aromatic carbocycles. The van der Waals surface area contributed by atoms with Crippen LogP contribution < -0.4 is 10.7 Å². The van der Waals surface area contributed by atoms with E-state index in [1.54, 1.807) is 6.07 Å². The van der Waals surface area contributed by atoms with Gasteiger partial charge < -0.3 is 0 Å². The molecule has 0 N–H and O–H groups in total. The molecule has 0 aliphatic heterocycles. The maximum absolute atomic E-state index is 13.3. The molecule has 7 aromatic rings. The number of hydrogen-bond acceptors (Lipinski definition) is 6. The summed E-state index contributed by atoms with van der Waals surface area (Å²) in [6, 6.07) is 27.3. The van der Waals surface area contributed by atoms with Crippen LogP contribution in [0.2, 0.25) is 0 Å². The van der Waals surface area contributed by atoms with Crippen LogP contribution >= 0.6 is 0 Å². The third kappa shape index (κ3) is 3.83. The number of aromatic nitrogens is 2. The van der Waals surface area contributed by atoms with Gasteiger partial charge in [-0.2, -0.15) is 20.5 Å². The molecule has 0 unspecified atom stereocenters. The van der Waals surface area contributed by atoms with E-state index in [1.165, 1.54) is 0 Å². The molecule has 7 rings (SSSR count). The van der Waals surface area contributed by atoms with E-state index in [0.29, 0.717) is 38.3 Å². The Morgan fingerprint density at radius 3 is 1.63 bits per heavy atom. The number of benzene rings is 4. The van der Waals surface area contributed by atoms with Crippen LogP contribution in [0.3, 0.4) is 0 Å². The zero-order valence-corrected chi connectivity index (χ0v) is 21.9. The molecular weight excluding hydrogens is 511 g/mol. The lowest BCUT2D eigenvalue weighted by Gasteiger charge is -2.04. The van der Waals surface area contributed by atoms with E-state index >= 15 is 0 Å². The smallest absolute Gasteiger partial charge is 0.206 e. The highest BCUT2D eigenvalue weighted by Gasteiger charge is 2.19. The second-order valence-corrected chi connectivity index (χ2v) is 9.96. The van der Waals surface area contributed by atoms with Gasteiger partial charge in [-0.3, -0.25) is 0 Å². The lowest BCUT2D eigenvalue weighted by atomic mass is 10.0. The molecule has 0 radical (unpaired) electrons. The van der Waals surface area contributed by atoms with E-state index in [2.05, 4.69) is 16.1 Å². The fourth-order valence-electron chi connectivity index (χ4n) is 5.63. The highest BCUT2D eigenvalue weighted by molar-refractivity contribution is 6.15. The van der Waals surface area contributed by atoms with Crippen molar-refractivity contribution in [3.8, 4) is 34.6 Å². The van der Waals surface area contributed by atoms with Gasteiger partial charge in [0.15, 0.2) is 0 Å². The zero-order valence-electron chi connectivity index (χ0n) is 21.9. The van der Waals surface area contributed by atoms with Gasteiger partial charge in [-0.05, 0) is 52.9 Å². The first-order valence-corrected chi connectivity index (χ1v) is 13.0. The van der Waals surface area contributed by atoms with Crippen molar-refractivity contribution >= 4 is 43.6 Å². The van der Waals surface area contributed by atoms with Crippen LogP contribution in [0, 0.1) is 29.8 Å². The number of aryl methyl sites for hydroxylation is 1. The molecule has 0 saturated heterocycles. The number of fused-ring (bicyclic) bond motifs is 6. The molecule has 0 amide bonds. The summed E-state index contributed by atoms with van der Waals surface area (Å²) >= 11 is 0. The zero-order chi connectivity index (χ0) is 28.1. The quantitative estimate of drug-likeness (QED) is 0.234. The van der Waals surface area contributed by atoms with Crippen molar-refractivity contribution in [2.75, 3.05) is 0 Å². The summed E-state index contributed by atoms with van der Waals surface area (Å²) in [4.78, 5) is 18.3. The highest BCUT2D eigenvalue weighted by Crippen LogP contribution is 2.32. The van der Waals surface area contributed by atoms with Crippen molar-refractivity contribution in [3.05, 3.63) is 107 Å². The van der Waals surface area contributed by atoms with Gasteiger partial charge in [0.1, 0.15) is 28.4 Å². The third-order valence-electron chi connectivity index (χ3n) is 7.49. The highest BCUT2D eigenvalue weighted by atomic mass is 19.1. The molecule has 0 spiro atoms. The van der Waals surface area contributed by atoms with Crippen LogP contribution in [-0.4, -0.2) is 9.97 Å². The Kier molecular flexibility index (Phi) is 5.59. The fourth-order valence-corrected chi connectivity index (χ4v) is 5.63. The fraction of sp³-hybridized carbons (Fsp3) is 0.0588. The van der Waals surface area contributed by atoms with E-state index in [9.17, 15) is 14.9 Å². The van der Waals surface area contributed by atoms with Crippen LogP contribution in [0.1, 0.15) is 11.1 Å². The summed E-state index contributed by atoms with van der Waals surface area (Å²) in [7, 11) is 0. The molecule has 0 bridgehead atoms. The van der Waals surface area contributed by atoms with Crippen molar-refractivity contribution in [1.29, 1.82) is 10.5 Å². The summed E-state index contributed by atoms with van der Waals surface area (Å²) in [6.45, 7) is 1.50. The van der Waals surface area contributed by atoms with Crippen molar-refractivity contribution in [3.63, 3.8) is 0 Å². The normalized spacial score (nSPS) is 12.5. The van der Waals surface area contributed by atoms with E-state index in [-0.39, 0.29) is 0 Å². The van der Waals surface area contributed by atoms with Crippen LogP contribution in [0.25, 0.3) is 65.9 Å². The Bertz CT molecular complexity index is 2400. The summed E-state index contributed by atoms with van der Waals surface area (Å²) in [5.74, 6) is 0. The lowest BCUT2D eigenvalue weighted by molar-refractivity contribution is 0.485. The number of halogens is 1. The maximum Gasteiger partial charge on any atom is 0.206 e. The Balaban J connectivity index is 1.54. The van der Waals surface area contributed by atoms with Gasteiger partial charge in [-0.1, -0.05) is 72.3 Å². The van der Waals surface area contributed by atoms with Gasteiger partial charge in [-0.25, -0.2) is 14.4 Å². The Morgan fingerprint density at radius 1 is 0.610 bits per heavy atom. The summed E-state index contributed by atoms with van der Waals surface area (Å²) < 4.78 is 13.3. The van der Waals surface area contributed by atoms with E-state index in [4.69, 9.17) is 9.97 Å². The predicted molar refractivity (Wildman–Crippen MR) is 157 cm³/mol. The van der Waals surface area contributed by atoms with E-state index in [1.807, 2.05) is 92.1 Å². The van der Waals surface area contributed by atoms with Crippen molar-refractivity contribution < 1.29 is 4.39 Å². The molecule has 192 valence electrons. The van der Waals surface area contributed by atoms with Crippen LogP contribution in [0.4, 0.5) is 4.39 Å².